The molecule has 186 valence electrons. The summed E-state index contributed by atoms with van der Waals surface area (Å²) in [6.45, 7) is 8.93. The second-order valence-corrected chi connectivity index (χ2v) is 13.8. The van der Waals surface area contributed by atoms with E-state index in [-0.39, 0.29) is 10.8 Å². The number of rotatable bonds is 8. The molecule has 3 fully saturated rings. The molecule has 3 saturated carbocycles. The fourth-order valence-electron chi connectivity index (χ4n) is 9.01. The maximum atomic E-state index is 7.76. The number of alkyl halides is 2. The SMILES string of the molecule is C=CCC1CCC2(CC(Cl)(Cl)C3(C)CCCCCCC34CCCC4CCCC)C=CC=CC12. The molecule has 33 heavy (non-hydrogen) atoms. The second kappa shape index (κ2) is 10.4. The van der Waals surface area contributed by atoms with Gasteiger partial charge in [0.05, 0.1) is 0 Å². The lowest BCUT2D eigenvalue weighted by atomic mass is 9.50. The van der Waals surface area contributed by atoms with Gasteiger partial charge in [-0.25, -0.2) is 0 Å². The molecule has 6 atom stereocenters. The van der Waals surface area contributed by atoms with E-state index in [1.165, 1.54) is 89.9 Å². The molecule has 0 aromatic heterocycles. The van der Waals surface area contributed by atoms with Gasteiger partial charge in [0.2, 0.25) is 0 Å². The van der Waals surface area contributed by atoms with E-state index in [1.54, 1.807) is 0 Å². The normalized spacial score (nSPS) is 41.2. The highest BCUT2D eigenvalue weighted by Gasteiger charge is 2.64. The highest BCUT2D eigenvalue weighted by atomic mass is 35.5. The number of halogens is 2. The van der Waals surface area contributed by atoms with Crippen LogP contribution in [0.3, 0.4) is 0 Å². The van der Waals surface area contributed by atoms with Crippen LogP contribution in [0.4, 0.5) is 0 Å². The third-order valence-corrected chi connectivity index (χ3v) is 12.0. The molecule has 1 spiro atoms. The van der Waals surface area contributed by atoms with Gasteiger partial charge < -0.3 is 0 Å². The molecule has 0 N–H and O–H groups in total. The average Bonchev–Trinajstić information content (AvgIpc) is 3.35. The molecule has 2 heteroatoms. The lowest BCUT2D eigenvalue weighted by Gasteiger charge is -2.59. The standard InChI is InChI=1S/C31H48Cl2/c1-4-6-15-26-16-13-22-30(26)21-11-8-7-10-19-28(30,3)31(32,33)24-29-20-12-9-17-27(29)25(14-5-2)18-23-29/h5,9,12,17,20,25-27H,2,4,6-8,10-11,13-16,18-19,21-24H2,1,3H3. The molecule has 0 aromatic carbocycles. The summed E-state index contributed by atoms with van der Waals surface area (Å²) in [5.41, 5.74) is 0.394. The first kappa shape index (κ1) is 25.9. The van der Waals surface area contributed by atoms with Crippen LogP contribution in [0, 0.1) is 34.0 Å². The smallest absolute Gasteiger partial charge is 0.103 e. The van der Waals surface area contributed by atoms with E-state index in [4.69, 9.17) is 23.2 Å². The maximum absolute atomic E-state index is 7.76. The Morgan fingerprint density at radius 1 is 1.00 bits per heavy atom. The predicted molar refractivity (Wildman–Crippen MR) is 146 cm³/mol. The molecule has 0 saturated heterocycles. The summed E-state index contributed by atoms with van der Waals surface area (Å²) in [6.07, 6.45) is 32.1. The topological polar surface area (TPSA) is 0 Å². The minimum atomic E-state index is -0.698. The third-order valence-electron chi connectivity index (χ3n) is 10.8. The molecule has 0 aliphatic heterocycles. The van der Waals surface area contributed by atoms with Crippen LogP contribution in [0.2, 0.25) is 0 Å². The van der Waals surface area contributed by atoms with Crippen LogP contribution in [0.5, 0.6) is 0 Å². The lowest BCUT2D eigenvalue weighted by Crippen LogP contribution is -2.55. The maximum Gasteiger partial charge on any atom is 0.125 e. The van der Waals surface area contributed by atoms with Gasteiger partial charge in [0.25, 0.3) is 0 Å². The molecule has 0 heterocycles. The Morgan fingerprint density at radius 2 is 1.76 bits per heavy atom. The molecule has 0 amide bonds. The Kier molecular flexibility index (Phi) is 8.17. The highest BCUT2D eigenvalue weighted by Crippen LogP contribution is 2.70. The van der Waals surface area contributed by atoms with Gasteiger partial charge in [0.15, 0.2) is 0 Å². The van der Waals surface area contributed by atoms with Gasteiger partial charge in [-0.15, -0.1) is 29.8 Å². The van der Waals surface area contributed by atoms with Gasteiger partial charge in [-0.1, -0.05) is 89.2 Å². The Morgan fingerprint density at radius 3 is 2.52 bits per heavy atom. The molecule has 6 unspecified atom stereocenters. The first-order valence-electron chi connectivity index (χ1n) is 14.2. The van der Waals surface area contributed by atoms with E-state index in [0.717, 1.165) is 18.8 Å². The van der Waals surface area contributed by atoms with Crippen LogP contribution in [-0.4, -0.2) is 4.33 Å². The molecule has 0 aromatic rings. The van der Waals surface area contributed by atoms with Crippen molar-refractivity contribution in [2.75, 3.05) is 0 Å². The number of hydrogen-bond donors (Lipinski definition) is 0. The van der Waals surface area contributed by atoms with Crippen molar-refractivity contribution in [3.63, 3.8) is 0 Å². The zero-order valence-electron chi connectivity index (χ0n) is 21.4. The van der Waals surface area contributed by atoms with Crippen LogP contribution in [-0.2, 0) is 0 Å². The predicted octanol–water partition coefficient (Wildman–Crippen LogP) is 10.6. The van der Waals surface area contributed by atoms with Gasteiger partial charge in [-0.3, -0.25) is 0 Å². The van der Waals surface area contributed by atoms with E-state index in [0.29, 0.717) is 17.3 Å². The minimum absolute atomic E-state index is 0.0245. The van der Waals surface area contributed by atoms with Gasteiger partial charge in [-0.05, 0) is 86.4 Å². The van der Waals surface area contributed by atoms with Crippen LogP contribution in [0.1, 0.15) is 117 Å². The number of fused-ring (bicyclic) bond motifs is 1. The summed E-state index contributed by atoms with van der Waals surface area (Å²) in [6, 6.07) is 0. The van der Waals surface area contributed by atoms with Gasteiger partial charge in [0, 0.05) is 5.41 Å². The number of hydrogen-bond acceptors (Lipinski definition) is 0. The van der Waals surface area contributed by atoms with E-state index in [1.807, 2.05) is 0 Å². The summed E-state index contributed by atoms with van der Waals surface area (Å²) < 4.78 is -0.698. The lowest BCUT2D eigenvalue weighted by molar-refractivity contribution is -0.0429. The Bertz CT molecular complexity index is 735. The second-order valence-electron chi connectivity index (χ2n) is 12.3. The Hall–Kier alpha value is -0.200. The van der Waals surface area contributed by atoms with Crippen molar-refractivity contribution in [2.24, 2.45) is 34.0 Å². The van der Waals surface area contributed by atoms with Crippen molar-refractivity contribution < 1.29 is 0 Å². The van der Waals surface area contributed by atoms with E-state index in [9.17, 15) is 0 Å². The van der Waals surface area contributed by atoms with Crippen LogP contribution < -0.4 is 0 Å². The van der Waals surface area contributed by atoms with Crippen molar-refractivity contribution in [2.45, 2.75) is 121 Å². The molecule has 4 rings (SSSR count). The Labute approximate surface area is 214 Å². The summed E-state index contributed by atoms with van der Waals surface area (Å²) >= 11 is 15.5. The van der Waals surface area contributed by atoms with Crippen molar-refractivity contribution in [1.29, 1.82) is 0 Å². The van der Waals surface area contributed by atoms with Crippen molar-refractivity contribution in [1.82, 2.24) is 0 Å². The van der Waals surface area contributed by atoms with Gasteiger partial charge in [-0.2, -0.15) is 0 Å². The first-order chi connectivity index (χ1) is 15.8. The molecule has 4 aliphatic rings. The minimum Gasteiger partial charge on any atom is -0.103 e. The summed E-state index contributed by atoms with van der Waals surface area (Å²) in [7, 11) is 0. The van der Waals surface area contributed by atoms with Crippen molar-refractivity contribution in [3.8, 4) is 0 Å². The fraction of sp³-hybridized carbons (Fsp3) is 0.806. The van der Waals surface area contributed by atoms with Crippen molar-refractivity contribution >= 4 is 23.2 Å². The Balaban J connectivity index is 1.69. The van der Waals surface area contributed by atoms with Gasteiger partial charge in [0.1, 0.15) is 4.33 Å². The molecular weight excluding hydrogens is 443 g/mol. The van der Waals surface area contributed by atoms with E-state index < -0.39 is 4.33 Å². The quantitative estimate of drug-likeness (QED) is 0.234. The number of unbranched alkanes of at least 4 members (excludes halogenated alkanes) is 1. The van der Waals surface area contributed by atoms with Crippen molar-refractivity contribution in [3.05, 3.63) is 37.0 Å². The van der Waals surface area contributed by atoms with Crippen LogP contribution in [0.25, 0.3) is 0 Å². The summed E-state index contributed by atoms with van der Waals surface area (Å²) in [5.74, 6) is 2.02. The van der Waals surface area contributed by atoms with Gasteiger partial charge >= 0.3 is 0 Å². The van der Waals surface area contributed by atoms with E-state index >= 15 is 0 Å². The molecule has 0 nitrogen and oxygen atoms in total. The fourth-order valence-corrected chi connectivity index (χ4v) is 10.1. The highest BCUT2D eigenvalue weighted by molar-refractivity contribution is 6.49. The average molecular weight is 492 g/mol. The molecular formula is C31H48Cl2. The molecule has 0 radical (unpaired) electrons. The van der Waals surface area contributed by atoms with Crippen LogP contribution in [0.15, 0.2) is 37.0 Å². The molecule has 4 aliphatic carbocycles. The first-order valence-corrected chi connectivity index (χ1v) is 14.9. The van der Waals surface area contributed by atoms with E-state index in [2.05, 4.69) is 50.8 Å². The largest absolute Gasteiger partial charge is 0.125 e. The summed E-state index contributed by atoms with van der Waals surface area (Å²) in [5, 5.41) is 0. The van der Waals surface area contributed by atoms with Crippen LogP contribution >= 0.6 is 23.2 Å². The molecule has 0 bridgehead atoms. The summed E-state index contributed by atoms with van der Waals surface area (Å²) in [4.78, 5) is 0. The third kappa shape index (κ3) is 4.55. The zero-order valence-corrected chi connectivity index (χ0v) is 22.9. The zero-order chi connectivity index (χ0) is 23.6. The number of allylic oxidation sites excluding steroid dienone is 5. The monoisotopic (exact) mass is 490 g/mol.